The van der Waals surface area contributed by atoms with Crippen LogP contribution in [-0.4, -0.2) is 16.2 Å². The van der Waals surface area contributed by atoms with Gasteiger partial charge in [-0.05, 0) is 40.4 Å². The molecule has 1 atom stereocenters. The molecule has 0 saturated carbocycles. The maximum atomic E-state index is 12.2. The molecule has 1 aromatic heterocycles. The fourth-order valence-corrected chi connectivity index (χ4v) is 2.81. The van der Waals surface area contributed by atoms with Gasteiger partial charge in [0.15, 0.2) is 0 Å². The van der Waals surface area contributed by atoms with Gasteiger partial charge in [0.1, 0.15) is 10.6 Å². The van der Waals surface area contributed by atoms with E-state index in [1.807, 2.05) is 19.1 Å². The third kappa shape index (κ3) is 2.43. The van der Waals surface area contributed by atoms with Gasteiger partial charge in [-0.2, -0.15) is 0 Å². The predicted octanol–water partition coefficient (Wildman–Crippen LogP) is 2.63. The number of fused-ring (bicyclic) bond motifs is 1. The zero-order valence-electron chi connectivity index (χ0n) is 11.2. The summed E-state index contributed by atoms with van der Waals surface area (Å²) in [5.74, 6) is 0. The summed E-state index contributed by atoms with van der Waals surface area (Å²) in [6.45, 7) is 2.99. The van der Waals surface area contributed by atoms with Gasteiger partial charge in [0.2, 0.25) is 0 Å². The topological polar surface area (TPSA) is 44.1 Å². The quantitative estimate of drug-likeness (QED) is 0.847. The number of hydrogen-bond donors (Lipinski definition) is 0. The number of aromatic nitrogens is 2. The average Bonchev–Trinajstić information content (AvgIpc) is 2.48. The monoisotopic (exact) mass is 334 g/mol. The summed E-state index contributed by atoms with van der Waals surface area (Å²) in [5.41, 5.74) is 3.11. The number of ether oxygens (including phenoxy) is 1. The van der Waals surface area contributed by atoms with Crippen LogP contribution >= 0.6 is 15.9 Å². The Morgan fingerprint density at radius 3 is 3.10 bits per heavy atom. The van der Waals surface area contributed by atoms with Gasteiger partial charge >= 0.3 is 0 Å². The van der Waals surface area contributed by atoms with Crippen LogP contribution in [0.1, 0.15) is 22.9 Å². The van der Waals surface area contributed by atoms with E-state index < -0.39 is 0 Å². The van der Waals surface area contributed by atoms with Crippen molar-refractivity contribution >= 4 is 15.9 Å². The highest BCUT2D eigenvalue weighted by molar-refractivity contribution is 9.10. The molecule has 20 heavy (non-hydrogen) atoms. The van der Waals surface area contributed by atoms with Crippen LogP contribution in [0.4, 0.5) is 0 Å². The van der Waals surface area contributed by atoms with Crippen molar-refractivity contribution in [3.8, 4) is 0 Å². The zero-order chi connectivity index (χ0) is 14.1. The van der Waals surface area contributed by atoms with Crippen LogP contribution in [0.25, 0.3) is 0 Å². The minimum atomic E-state index is -0.0888. The van der Waals surface area contributed by atoms with Crippen molar-refractivity contribution in [2.75, 3.05) is 6.61 Å². The lowest BCUT2D eigenvalue weighted by atomic mass is 9.97. The van der Waals surface area contributed by atoms with Crippen LogP contribution in [0.3, 0.4) is 0 Å². The van der Waals surface area contributed by atoms with E-state index in [1.54, 1.807) is 10.9 Å². The molecule has 0 bridgehead atoms. The van der Waals surface area contributed by atoms with Crippen molar-refractivity contribution < 1.29 is 4.74 Å². The van der Waals surface area contributed by atoms with Gasteiger partial charge in [-0.25, -0.2) is 4.98 Å². The molecule has 2 heterocycles. The standard InChI is InChI=1S/C15H15BrN2O2/c1-10-14(16)15(19)18(9-17-10)8-13-12-5-3-2-4-11(12)6-7-20-13/h2-5,9,13H,6-8H2,1H3. The SMILES string of the molecule is Cc1ncn(CC2OCCc3ccccc32)c(=O)c1Br. The Morgan fingerprint density at radius 2 is 2.25 bits per heavy atom. The van der Waals surface area contributed by atoms with Crippen molar-refractivity contribution in [1.82, 2.24) is 9.55 Å². The van der Waals surface area contributed by atoms with Gasteiger partial charge in [0, 0.05) is 0 Å². The Kier molecular flexibility index (Phi) is 3.72. The van der Waals surface area contributed by atoms with E-state index in [0.717, 1.165) is 6.42 Å². The molecule has 0 N–H and O–H groups in total. The molecule has 0 spiro atoms. The van der Waals surface area contributed by atoms with E-state index in [4.69, 9.17) is 4.74 Å². The first-order valence-electron chi connectivity index (χ1n) is 6.58. The van der Waals surface area contributed by atoms with Crippen molar-refractivity contribution in [1.29, 1.82) is 0 Å². The molecule has 0 aliphatic carbocycles. The maximum absolute atomic E-state index is 12.2. The van der Waals surface area contributed by atoms with Gasteiger partial charge < -0.3 is 4.74 Å². The Balaban J connectivity index is 1.94. The van der Waals surface area contributed by atoms with E-state index >= 15 is 0 Å². The first-order valence-corrected chi connectivity index (χ1v) is 7.37. The average molecular weight is 335 g/mol. The summed E-state index contributed by atoms with van der Waals surface area (Å²) in [6.07, 6.45) is 2.43. The fourth-order valence-electron chi connectivity index (χ4n) is 2.48. The number of halogens is 1. The second kappa shape index (κ2) is 5.50. The molecule has 1 aliphatic rings. The van der Waals surface area contributed by atoms with Gasteiger partial charge in [0.05, 0.1) is 25.2 Å². The molecule has 0 fully saturated rings. The number of rotatable bonds is 2. The molecule has 3 rings (SSSR count). The minimum Gasteiger partial charge on any atom is -0.371 e. The lowest BCUT2D eigenvalue weighted by Crippen LogP contribution is -2.28. The molecule has 104 valence electrons. The lowest BCUT2D eigenvalue weighted by Gasteiger charge is -2.26. The van der Waals surface area contributed by atoms with Gasteiger partial charge in [-0.15, -0.1) is 0 Å². The minimum absolute atomic E-state index is 0.0656. The second-order valence-corrected chi connectivity index (χ2v) is 5.70. The largest absolute Gasteiger partial charge is 0.371 e. The highest BCUT2D eigenvalue weighted by Crippen LogP contribution is 2.27. The van der Waals surface area contributed by atoms with Crippen LogP contribution in [-0.2, 0) is 17.7 Å². The molecule has 2 aromatic rings. The molecular formula is C15H15BrN2O2. The lowest BCUT2D eigenvalue weighted by molar-refractivity contribution is 0.0297. The molecule has 0 amide bonds. The predicted molar refractivity (Wildman–Crippen MR) is 79.8 cm³/mol. The molecule has 1 unspecified atom stereocenters. The molecule has 4 nitrogen and oxygen atoms in total. The zero-order valence-corrected chi connectivity index (χ0v) is 12.8. The van der Waals surface area contributed by atoms with Crippen molar-refractivity contribution in [3.63, 3.8) is 0 Å². The van der Waals surface area contributed by atoms with Gasteiger partial charge in [0.25, 0.3) is 5.56 Å². The normalized spacial score (nSPS) is 17.8. The first-order chi connectivity index (χ1) is 9.66. The van der Waals surface area contributed by atoms with E-state index in [0.29, 0.717) is 23.3 Å². The summed E-state index contributed by atoms with van der Waals surface area (Å²) >= 11 is 3.29. The Labute approximate surface area is 125 Å². The Morgan fingerprint density at radius 1 is 1.45 bits per heavy atom. The van der Waals surface area contributed by atoms with Crippen LogP contribution in [0.5, 0.6) is 0 Å². The van der Waals surface area contributed by atoms with E-state index in [9.17, 15) is 4.79 Å². The number of benzene rings is 1. The van der Waals surface area contributed by atoms with E-state index in [2.05, 4.69) is 33.0 Å². The van der Waals surface area contributed by atoms with Crippen LogP contribution in [0, 0.1) is 6.92 Å². The molecule has 0 saturated heterocycles. The van der Waals surface area contributed by atoms with Crippen LogP contribution in [0.15, 0.2) is 39.9 Å². The highest BCUT2D eigenvalue weighted by atomic mass is 79.9. The molecule has 5 heteroatoms. The smallest absolute Gasteiger partial charge is 0.267 e. The summed E-state index contributed by atoms with van der Waals surface area (Å²) in [5, 5.41) is 0. The Hall–Kier alpha value is -1.46. The van der Waals surface area contributed by atoms with Crippen LogP contribution < -0.4 is 5.56 Å². The van der Waals surface area contributed by atoms with E-state index in [-0.39, 0.29) is 11.7 Å². The van der Waals surface area contributed by atoms with Gasteiger partial charge in [-0.1, -0.05) is 24.3 Å². The molecule has 0 radical (unpaired) electrons. The number of aryl methyl sites for hydroxylation is 1. The molecular weight excluding hydrogens is 320 g/mol. The first kappa shape index (κ1) is 13.5. The van der Waals surface area contributed by atoms with Crippen LogP contribution in [0.2, 0.25) is 0 Å². The molecule has 1 aromatic carbocycles. The summed E-state index contributed by atoms with van der Waals surface area (Å²) in [6, 6.07) is 8.24. The summed E-state index contributed by atoms with van der Waals surface area (Å²) in [4.78, 5) is 16.4. The van der Waals surface area contributed by atoms with Crippen molar-refractivity contribution in [2.45, 2.75) is 26.0 Å². The third-order valence-electron chi connectivity index (χ3n) is 3.61. The second-order valence-electron chi connectivity index (χ2n) is 4.91. The van der Waals surface area contributed by atoms with Crippen molar-refractivity contribution in [2.24, 2.45) is 0 Å². The summed E-state index contributed by atoms with van der Waals surface area (Å²) in [7, 11) is 0. The fraction of sp³-hybridized carbons (Fsp3) is 0.333. The van der Waals surface area contributed by atoms with E-state index in [1.165, 1.54) is 11.1 Å². The number of nitrogens with zero attached hydrogens (tertiary/aromatic N) is 2. The maximum Gasteiger partial charge on any atom is 0.267 e. The third-order valence-corrected chi connectivity index (χ3v) is 4.52. The molecule has 1 aliphatic heterocycles. The van der Waals surface area contributed by atoms with Crippen molar-refractivity contribution in [3.05, 3.63) is 62.2 Å². The number of hydrogen-bond acceptors (Lipinski definition) is 3. The summed E-state index contributed by atoms with van der Waals surface area (Å²) < 4.78 is 7.95. The highest BCUT2D eigenvalue weighted by Gasteiger charge is 2.21. The Bertz CT molecular complexity index is 697. The van der Waals surface area contributed by atoms with Gasteiger partial charge in [-0.3, -0.25) is 9.36 Å².